The van der Waals surface area contributed by atoms with Crippen LogP contribution in [0, 0.1) is 11.8 Å². The Balaban J connectivity index is 1.99. The molecule has 0 spiro atoms. The highest BCUT2D eigenvalue weighted by Gasteiger charge is 1.91. The fraction of sp³-hybridized carbons (Fsp3) is 0.143. The first-order valence-corrected chi connectivity index (χ1v) is 5.92. The quantitative estimate of drug-likeness (QED) is 0.716. The molecule has 0 bridgehead atoms. The van der Waals surface area contributed by atoms with E-state index in [1.807, 2.05) is 41.8 Å². The van der Waals surface area contributed by atoms with Crippen LogP contribution in [0.15, 0.2) is 41.8 Å². The average Bonchev–Trinajstić information content (AvgIpc) is 2.83. The molecule has 1 heterocycles. The fourth-order valence-electron chi connectivity index (χ4n) is 1.33. The van der Waals surface area contributed by atoms with E-state index in [0.29, 0.717) is 0 Å². The summed E-state index contributed by atoms with van der Waals surface area (Å²) in [4.78, 5) is 1.12. The summed E-state index contributed by atoms with van der Waals surface area (Å²) < 4.78 is 5.10. The van der Waals surface area contributed by atoms with Gasteiger partial charge in [-0.15, -0.1) is 11.3 Å². The standard InChI is InChI=1S/C14H12OS/c1-15-13-9-7-12(8-10-13)4-2-5-14-6-3-11-16-14/h3,6-11H,4H2,1H3. The summed E-state index contributed by atoms with van der Waals surface area (Å²) in [5.74, 6) is 7.18. The maximum atomic E-state index is 5.10. The van der Waals surface area contributed by atoms with Gasteiger partial charge < -0.3 is 4.74 Å². The molecule has 2 heteroatoms. The minimum atomic E-state index is 0.780. The Labute approximate surface area is 99.7 Å². The minimum absolute atomic E-state index is 0.780. The highest BCUT2D eigenvalue weighted by Crippen LogP contribution is 2.11. The fourth-order valence-corrected chi connectivity index (χ4v) is 1.92. The number of hydrogen-bond donors (Lipinski definition) is 0. The number of ether oxygens (including phenoxy) is 1. The lowest BCUT2D eigenvalue weighted by atomic mass is 10.1. The molecule has 0 atom stereocenters. The molecule has 0 saturated heterocycles. The first-order chi connectivity index (χ1) is 7.88. The number of methoxy groups -OCH3 is 1. The Hall–Kier alpha value is -1.72. The third-order valence-corrected chi connectivity index (χ3v) is 2.97. The zero-order valence-electron chi connectivity index (χ0n) is 9.07. The van der Waals surface area contributed by atoms with Gasteiger partial charge in [0.05, 0.1) is 12.0 Å². The van der Waals surface area contributed by atoms with Crippen molar-refractivity contribution in [3.8, 4) is 17.6 Å². The van der Waals surface area contributed by atoms with Gasteiger partial charge in [-0.1, -0.05) is 30.0 Å². The van der Waals surface area contributed by atoms with Crippen LogP contribution < -0.4 is 4.74 Å². The molecule has 1 aromatic carbocycles. The van der Waals surface area contributed by atoms with E-state index in [1.165, 1.54) is 5.56 Å². The van der Waals surface area contributed by atoms with Crippen molar-refractivity contribution in [3.63, 3.8) is 0 Å². The van der Waals surface area contributed by atoms with Crippen molar-refractivity contribution < 1.29 is 4.74 Å². The molecule has 2 rings (SSSR count). The van der Waals surface area contributed by atoms with Gasteiger partial charge in [0.2, 0.25) is 0 Å². The lowest BCUT2D eigenvalue weighted by Gasteiger charge is -1.99. The second-order valence-electron chi connectivity index (χ2n) is 3.30. The lowest BCUT2D eigenvalue weighted by Crippen LogP contribution is -1.84. The second-order valence-corrected chi connectivity index (χ2v) is 4.25. The highest BCUT2D eigenvalue weighted by atomic mass is 32.1. The van der Waals surface area contributed by atoms with Gasteiger partial charge in [-0.05, 0) is 29.1 Å². The van der Waals surface area contributed by atoms with Crippen LogP contribution in [0.25, 0.3) is 0 Å². The van der Waals surface area contributed by atoms with Crippen LogP contribution in [0.5, 0.6) is 5.75 Å². The molecule has 0 aliphatic rings. The molecule has 0 saturated carbocycles. The Morgan fingerprint density at radius 2 is 2.00 bits per heavy atom. The summed E-state index contributed by atoms with van der Waals surface area (Å²) in [7, 11) is 1.67. The van der Waals surface area contributed by atoms with Crippen LogP contribution in [-0.2, 0) is 6.42 Å². The summed E-state index contributed by atoms with van der Waals surface area (Å²) >= 11 is 1.67. The number of thiophene rings is 1. The molecule has 16 heavy (non-hydrogen) atoms. The first-order valence-electron chi connectivity index (χ1n) is 5.04. The van der Waals surface area contributed by atoms with Crippen molar-refractivity contribution in [1.29, 1.82) is 0 Å². The summed E-state index contributed by atoms with van der Waals surface area (Å²) in [6.45, 7) is 0. The molecule has 80 valence electrons. The van der Waals surface area contributed by atoms with Gasteiger partial charge in [0.15, 0.2) is 0 Å². The van der Waals surface area contributed by atoms with Crippen LogP contribution in [0.3, 0.4) is 0 Å². The van der Waals surface area contributed by atoms with Crippen molar-refractivity contribution >= 4 is 11.3 Å². The minimum Gasteiger partial charge on any atom is -0.497 e. The molecule has 0 fully saturated rings. The molecule has 0 aliphatic heterocycles. The Kier molecular flexibility index (Phi) is 3.63. The van der Waals surface area contributed by atoms with E-state index in [9.17, 15) is 0 Å². The Morgan fingerprint density at radius 3 is 2.62 bits per heavy atom. The molecule has 0 amide bonds. The third kappa shape index (κ3) is 2.88. The number of benzene rings is 1. The van der Waals surface area contributed by atoms with Gasteiger partial charge in [-0.25, -0.2) is 0 Å². The molecule has 0 N–H and O–H groups in total. The van der Waals surface area contributed by atoms with Crippen molar-refractivity contribution in [3.05, 3.63) is 52.2 Å². The molecule has 1 nitrogen and oxygen atoms in total. The van der Waals surface area contributed by atoms with Crippen molar-refractivity contribution in [2.75, 3.05) is 7.11 Å². The van der Waals surface area contributed by atoms with Crippen LogP contribution >= 0.6 is 11.3 Å². The van der Waals surface area contributed by atoms with Crippen molar-refractivity contribution in [1.82, 2.24) is 0 Å². The van der Waals surface area contributed by atoms with E-state index in [4.69, 9.17) is 4.74 Å². The van der Waals surface area contributed by atoms with Gasteiger partial charge in [-0.2, -0.15) is 0 Å². The lowest BCUT2D eigenvalue weighted by molar-refractivity contribution is 0.414. The summed E-state index contributed by atoms with van der Waals surface area (Å²) in [5, 5.41) is 2.04. The van der Waals surface area contributed by atoms with E-state index in [-0.39, 0.29) is 0 Å². The molecule has 0 unspecified atom stereocenters. The van der Waals surface area contributed by atoms with Crippen LogP contribution in [0.2, 0.25) is 0 Å². The third-order valence-electron chi connectivity index (χ3n) is 2.18. The van der Waals surface area contributed by atoms with Gasteiger partial charge >= 0.3 is 0 Å². The van der Waals surface area contributed by atoms with E-state index < -0.39 is 0 Å². The first kappa shape index (κ1) is 10.8. The van der Waals surface area contributed by atoms with E-state index >= 15 is 0 Å². The van der Waals surface area contributed by atoms with Gasteiger partial charge in [0.25, 0.3) is 0 Å². The SMILES string of the molecule is COc1ccc(CC#Cc2cccs2)cc1. The second kappa shape index (κ2) is 5.39. The van der Waals surface area contributed by atoms with E-state index in [1.54, 1.807) is 18.4 Å². The zero-order chi connectivity index (χ0) is 11.2. The van der Waals surface area contributed by atoms with Crippen molar-refractivity contribution in [2.24, 2.45) is 0 Å². The van der Waals surface area contributed by atoms with Crippen LogP contribution in [0.1, 0.15) is 10.4 Å². The van der Waals surface area contributed by atoms with E-state index in [0.717, 1.165) is 17.0 Å². The normalized spacial score (nSPS) is 9.31. The maximum absolute atomic E-state index is 5.10. The molecule has 0 radical (unpaired) electrons. The number of hydrogen-bond acceptors (Lipinski definition) is 2. The smallest absolute Gasteiger partial charge is 0.118 e. The van der Waals surface area contributed by atoms with Crippen molar-refractivity contribution in [2.45, 2.75) is 6.42 Å². The van der Waals surface area contributed by atoms with Crippen LogP contribution in [0.4, 0.5) is 0 Å². The Bertz CT molecular complexity index is 486. The molecular weight excluding hydrogens is 216 g/mol. The predicted octanol–water partition coefficient (Wildman–Crippen LogP) is 3.35. The molecule has 2 aromatic rings. The zero-order valence-corrected chi connectivity index (χ0v) is 9.88. The summed E-state index contributed by atoms with van der Waals surface area (Å²) in [6.07, 6.45) is 0.780. The number of rotatable bonds is 2. The molecule has 1 aromatic heterocycles. The van der Waals surface area contributed by atoms with Gasteiger partial charge in [0, 0.05) is 6.42 Å². The Morgan fingerprint density at radius 1 is 1.19 bits per heavy atom. The average molecular weight is 228 g/mol. The highest BCUT2D eigenvalue weighted by molar-refractivity contribution is 7.10. The van der Waals surface area contributed by atoms with Gasteiger partial charge in [-0.3, -0.25) is 0 Å². The van der Waals surface area contributed by atoms with E-state index in [2.05, 4.69) is 11.8 Å². The summed E-state index contributed by atoms with van der Waals surface area (Å²) in [6, 6.07) is 12.1. The molecule has 0 aliphatic carbocycles. The predicted molar refractivity (Wildman–Crippen MR) is 67.9 cm³/mol. The van der Waals surface area contributed by atoms with Gasteiger partial charge in [0.1, 0.15) is 5.75 Å². The molecular formula is C14H12OS. The topological polar surface area (TPSA) is 9.23 Å². The summed E-state index contributed by atoms with van der Waals surface area (Å²) in [5.41, 5.74) is 1.21. The van der Waals surface area contributed by atoms with Crippen LogP contribution in [-0.4, -0.2) is 7.11 Å². The maximum Gasteiger partial charge on any atom is 0.118 e. The largest absolute Gasteiger partial charge is 0.497 e. The monoisotopic (exact) mass is 228 g/mol.